The van der Waals surface area contributed by atoms with Crippen LogP contribution < -0.4 is 0 Å². The Hall–Kier alpha value is -1.98. The largest absolute Gasteiger partial charge is 0.338 e. The minimum absolute atomic E-state index is 0.332. The Bertz CT molecular complexity index is 473. The van der Waals surface area contributed by atoms with E-state index in [2.05, 4.69) is 0 Å². The molecule has 0 aliphatic heterocycles. The van der Waals surface area contributed by atoms with Crippen LogP contribution in [0.3, 0.4) is 0 Å². The molecule has 1 amide bonds. The number of fused-ring (bicyclic) bond motifs is 1. The molecule has 0 atom stereocenters. The van der Waals surface area contributed by atoms with Gasteiger partial charge in [-0.2, -0.15) is 5.06 Å². The number of hydrogen-bond donors (Lipinski definition) is 0. The molecule has 1 aromatic carbocycles. The molecular weight excluding hydrogens is 244 g/mol. The molecule has 1 aromatic rings. The Labute approximate surface area is 102 Å². The van der Waals surface area contributed by atoms with Crippen molar-refractivity contribution in [1.82, 2.24) is 5.06 Å². The summed E-state index contributed by atoms with van der Waals surface area (Å²) < 4.78 is 26.1. The molecule has 0 saturated carbocycles. The lowest BCUT2D eigenvalue weighted by Crippen LogP contribution is -2.36. The van der Waals surface area contributed by atoms with Crippen LogP contribution >= 0.6 is 0 Å². The van der Waals surface area contributed by atoms with Gasteiger partial charge in [-0.15, -0.1) is 0 Å². The minimum Gasteiger partial charge on any atom is -0.338 e. The second-order valence-corrected chi connectivity index (χ2v) is 4.15. The van der Waals surface area contributed by atoms with E-state index in [4.69, 9.17) is 4.84 Å². The van der Waals surface area contributed by atoms with Crippen molar-refractivity contribution in [2.75, 3.05) is 0 Å². The zero-order valence-electron chi connectivity index (χ0n) is 9.65. The highest BCUT2D eigenvalue weighted by Crippen LogP contribution is 2.27. The number of benzene rings is 1. The third kappa shape index (κ3) is 2.32. The molecule has 0 saturated heterocycles. The molecule has 18 heavy (non-hydrogen) atoms. The number of halogens is 2. The average Bonchev–Trinajstić information content (AvgIpc) is 2.69. The first-order valence-electron chi connectivity index (χ1n) is 5.40. The van der Waals surface area contributed by atoms with E-state index in [0.717, 1.165) is 17.2 Å². The van der Waals surface area contributed by atoms with Crippen molar-refractivity contribution in [2.45, 2.75) is 25.8 Å². The Morgan fingerprint density at radius 2 is 1.83 bits per heavy atom. The number of rotatable bonds is 3. The predicted molar refractivity (Wildman–Crippen MR) is 57.2 cm³/mol. The lowest BCUT2D eigenvalue weighted by Gasteiger charge is -2.21. The van der Waals surface area contributed by atoms with Crippen molar-refractivity contribution in [3.63, 3.8) is 0 Å². The molecule has 1 aliphatic rings. The zero-order valence-corrected chi connectivity index (χ0v) is 9.65. The van der Waals surface area contributed by atoms with E-state index < -0.39 is 23.6 Å². The van der Waals surface area contributed by atoms with E-state index in [1.807, 2.05) is 0 Å². The standard InChI is InChI=1S/C12H11F2NO3/c1-7(17)18-15(6-16)10-2-8-4-11(13)12(14)5-9(8)3-10/h4-6,10H,2-3H2,1H3. The number of amides is 1. The maximum atomic E-state index is 13.1. The van der Waals surface area contributed by atoms with Crippen LogP contribution in [0, 0.1) is 11.6 Å². The minimum atomic E-state index is -0.917. The zero-order chi connectivity index (χ0) is 13.3. The smallest absolute Gasteiger partial charge is 0.329 e. The monoisotopic (exact) mass is 255 g/mol. The van der Waals surface area contributed by atoms with Gasteiger partial charge < -0.3 is 4.84 Å². The molecule has 0 spiro atoms. The van der Waals surface area contributed by atoms with Gasteiger partial charge in [0.15, 0.2) is 11.6 Å². The van der Waals surface area contributed by atoms with Crippen LogP contribution in [0.15, 0.2) is 12.1 Å². The fourth-order valence-electron chi connectivity index (χ4n) is 2.10. The Kier molecular flexibility index (Phi) is 3.27. The van der Waals surface area contributed by atoms with Crippen LogP contribution in [0.1, 0.15) is 18.1 Å². The SMILES string of the molecule is CC(=O)ON(C=O)C1Cc2cc(F)c(F)cc2C1. The maximum Gasteiger partial charge on any atom is 0.329 e. The molecule has 0 heterocycles. The molecular formula is C12H11F2NO3. The van der Waals surface area contributed by atoms with Gasteiger partial charge in [-0.3, -0.25) is 9.59 Å². The molecule has 0 N–H and O–H groups in total. The van der Waals surface area contributed by atoms with E-state index in [1.54, 1.807) is 0 Å². The van der Waals surface area contributed by atoms with Gasteiger partial charge >= 0.3 is 5.97 Å². The fraction of sp³-hybridized carbons (Fsp3) is 0.333. The topological polar surface area (TPSA) is 46.6 Å². The summed E-state index contributed by atoms with van der Waals surface area (Å²) >= 11 is 0. The summed E-state index contributed by atoms with van der Waals surface area (Å²) in [6.07, 6.45) is 1.06. The van der Waals surface area contributed by atoms with Crippen LogP contribution in [0.2, 0.25) is 0 Å². The molecule has 96 valence electrons. The van der Waals surface area contributed by atoms with E-state index in [9.17, 15) is 18.4 Å². The number of carbonyl (C=O) groups is 2. The number of hydroxylamine groups is 2. The summed E-state index contributed by atoms with van der Waals surface area (Å²) in [7, 11) is 0. The molecule has 0 aromatic heterocycles. The van der Waals surface area contributed by atoms with Gasteiger partial charge in [0.25, 0.3) is 0 Å². The molecule has 1 aliphatic carbocycles. The fourth-order valence-corrected chi connectivity index (χ4v) is 2.10. The van der Waals surface area contributed by atoms with Crippen molar-refractivity contribution in [3.05, 3.63) is 34.9 Å². The first kappa shape index (κ1) is 12.5. The highest BCUT2D eigenvalue weighted by Gasteiger charge is 2.29. The van der Waals surface area contributed by atoms with E-state index in [1.165, 1.54) is 6.92 Å². The van der Waals surface area contributed by atoms with Gasteiger partial charge in [0.2, 0.25) is 6.41 Å². The van der Waals surface area contributed by atoms with E-state index >= 15 is 0 Å². The van der Waals surface area contributed by atoms with Crippen LogP contribution in [0.4, 0.5) is 8.78 Å². The third-order valence-corrected chi connectivity index (χ3v) is 2.85. The summed E-state index contributed by atoms with van der Waals surface area (Å²) in [5.74, 6) is -2.45. The molecule has 0 radical (unpaired) electrons. The average molecular weight is 255 g/mol. The van der Waals surface area contributed by atoms with Crippen molar-refractivity contribution < 1.29 is 23.2 Å². The van der Waals surface area contributed by atoms with Crippen LogP contribution in [0.5, 0.6) is 0 Å². The van der Waals surface area contributed by atoms with Gasteiger partial charge in [0, 0.05) is 6.92 Å². The molecule has 0 bridgehead atoms. The Balaban J connectivity index is 2.18. The van der Waals surface area contributed by atoms with Gasteiger partial charge in [0.1, 0.15) is 0 Å². The highest BCUT2D eigenvalue weighted by atomic mass is 19.2. The summed E-state index contributed by atoms with van der Waals surface area (Å²) in [4.78, 5) is 26.3. The summed E-state index contributed by atoms with van der Waals surface area (Å²) in [6, 6.07) is 1.81. The number of carbonyl (C=O) groups excluding carboxylic acids is 2. The highest BCUT2D eigenvalue weighted by molar-refractivity contribution is 5.67. The van der Waals surface area contributed by atoms with Gasteiger partial charge in [-0.05, 0) is 36.1 Å². The van der Waals surface area contributed by atoms with Crippen molar-refractivity contribution in [3.8, 4) is 0 Å². The van der Waals surface area contributed by atoms with Crippen molar-refractivity contribution in [1.29, 1.82) is 0 Å². The quantitative estimate of drug-likeness (QED) is 0.605. The van der Waals surface area contributed by atoms with Crippen LogP contribution in [-0.2, 0) is 27.3 Å². The summed E-state index contributed by atoms with van der Waals surface area (Å²) in [6.45, 7) is 1.18. The molecule has 0 unspecified atom stereocenters. The third-order valence-electron chi connectivity index (χ3n) is 2.85. The van der Waals surface area contributed by atoms with Crippen molar-refractivity contribution >= 4 is 12.4 Å². The normalized spacial score (nSPS) is 14.2. The van der Waals surface area contributed by atoms with Gasteiger partial charge in [-0.25, -0.2) is 8.78 Å². The Morgan fingerprint density at radius 1 is 1.33 bits per heavy atom. The first-order valence-corrected chi connectivity index (χ1v) is 5.40. The second kappa shape index (κ2) is 4.72. The van der Waals surface area contributed by atoms with Gasteiger partial charge in [-0.1, -0.05) is 0 Å². The summed E-state index contributed by atoms with van der Waals surface area (Å²) in [5, 5.41) is 0.887. The second-order valence-electron chi connectivity index (χ2n) is 4.15. The predicted octanol–water partition coefficient (Wildman–Crippen LogP) is 1.37. The lowest BCUT2D eigenvalue weighted by molar-refractivity contribution is -0.196. The van der Waals surface area contributed by atoms with Crippen LogP contribution in [0.25, 0.3) is 0 Å². The number of hydrogen-bond acceptors (Lipinski definition) is 3. The molecule has 6 heteroatoms. The molecule has 0 fully saturated rings. The van der Waals surface area contributed by atoms with E-state index in [0.29, 0.717) is 30.4 Å². The Morgan fingerprint density at radius 3 is 2.22 bits per heavy atom. The van der Waals surface area contributed by atoms with Gasteiger partial charge in [0.05, 0.1) is 6.04 Å². The maximum absolute atomic E-state index is 13.1. The van der Waals surface area contributed by atoms with Crippen molar-refractivity contribution in [2.24, 2.45) is 0 Å². The molecule has 4 nitrogen and oxygen atoms in total. The van der Waals surface area contributed by atoms with Crippen LogP contribution in [-0.4, -0.2) is 23.5 Å². The van der Waals surface area contributed by atoms with E-state index in [-0.39, 0.29) is 0 Å². The lowest BCUT2D eigenvalue weighted by atomic mass is 10.1. The molecule has 2 rings (SSSR count). The number of nitrogens with zero attached hydrogens (tertiary/aromatic N) is 1. The summed E-state index contributed by atoms with van der Waals surface area (Å²) in [5.41, 5.74) is 1.25. The first-order chi connectivity index (χ1) is 8.51.